The van der Waals surface area contributed by atoms with E-state index < -0.39 is 0 Å². The Hall–Kier alpha value is -3.61. The molecule has 3 rings (SSSR count). The third kappa shape index (κ3) is 4.76. The van der Waals surface area contributed by atoms with Gasteiger partial charge in [-0.1, -0.05) is 12.1 Å². The van der Waals surface area contributed by atoms with E-state index in [1.54, 1.807) is 25.3 Å². The summed E-state index contributed by atoms with van der Waals surface area (Å²) >= 11 is 0. The number of aryl methyl sites for hydroxylation is 1. The van der Waals surface area contributed by atoms with Crippen LogP contribution < -0.4 is 20.1 Å². The van der Waals surface area contributed by atoms with Crippen LogP contribution in [0.3, 0.4) is 0 Å². The molecule has 0 saturated carbocycles. The molecule has 3 aromatic rings. The summed E-state index contributed by atoms with van der Waals surface area (Å²) in [5, 5.41) is 5.95. The Balaban J connectivity index is 1.79. The number of rotatable bonds is 7. The first kappa shape index (κ1) is 19.2. The second kappa shape index (κ2) is 8.85. The number of carbonyl (C=O) groups is 1. The summed E-state index contributed by atoms with van der Waals surface area (Å²) in [5.41, 5.74) is 2.32. The van der Waals surface area contributed by atoms with E-state index in [0.717, 1.165) is 11.4 Å². The lowest BCUT2D eigenvalue weighted by atomic mass is 10.2. The molecular weight excluding hydrogens is 356 g/mol. The van der Waals surface area contributed by atoms with Crippen molar-refractivity contribution in [3.05, 3.63) is 66.0 Å². The molecule has 7 heteroatoms. The molecule has 144 valence electrons. The zero-order valence-electron chi connectivity index (χ0n) is 16.0. The molecule has 7 nitrogen and oxygen atoms in total. The lowest BCUT2D eigenvalue weighted by Crippen LogP contribution is -2.16. The second-order valence-electron chi connectivity index (χ2n) is 5.95. The summed E-state index contributed by atoms with van der Waals surface area (Å²) in [5.74, 6) is 1.37. The highest BCUT2D eigenvalue weighted by Crippen LogP contribution is 2.24. The van der Waals surface area contributed by atoms with E-state index in [4.69, 9.17) is 9.47 Å². The molecule has 2 aromatic carbocycles. The van der Waals surface area contributed by atoms with E-state index in [1.807, 2.05) is 50.2 Å². The fourth-order valence-electron chi connectivity index (χ4n) is 2.58. The molecule has 0 fully saturated rings. The fraction of sp³-hybridized carbons (Fsp3) is 0.190. The summed E-state index contributed by atoms with van der Waals surface area (Å²) in [7, 11) is 1.61. The summed E-state index contributed by atoms with van der Waals surface area (Å²) in [6.07, 6.45) is 0. The van der Waals surface area contributed by atoms with Gasteiger partial charge < -0.3 is 20.1 Å². The number of hydrogen-bond donors (Lipinski definition) is 2. The molecular formula is C21H22N4O3. The zero-order valence-corrected chi connectivity index (χ0v) is 16.0. The summed E-state index contributed by atoms with van der Waals surface area (Å²) in [4.78, 5) is 21.4. The smallest absolute Gasteiger partial charge is 0.274 e. The van der Waals surface area contributed by atoms with Gasteiger partial charge in [0.15, 0.2) is 0 Å². The Labute approximate surface area is 163 Å². The molecule has 0 atom stereocenters. The van der Waals surface area contributed by atoms with Crippen LogP contribution in [0.25, 0.3) is 0 Å². The van der Waals surface area contributed by atoms with Gasteiger partial charge in [0.2, 0.25) is 5.95 Å². The highest BCUT2D eigenvalue weighted by Gasteiger charge is 2.13. The van der Waals surface area contributed by atoms with Gasteiger partial charge in [0, 0.05) is 11.4 Å². The monoisotopic (exact) mass is 378 g/mol. The highest BCUT2D eigenvalue weighted by atomic mass is 16.5. The van der Waals surface area contributed by atoms with E-state index in [2.05, 4.69) is 20.6 Å². The van der Waals surface area contributed by atoms with Gasteiger partial charge in [0.25, 0.3) is 5.91 Å². The van der Waals surface area contributed by atoms with Crippen LogP contribution in [0.5, 0.6) is 11.5 Å². The number of nitrogens with zero attached hydrogens (tertiary/aromatic N) is 2. The van der Waals surface area contributed by atoms with E-state index in [9.17, 15) is 4.79 Å². The molecule has 1 aromatic heterocycles. The second-order valence-corrected chi connectivity index (χ2v) is 5.95. The largest absolute Gasteiger partial charge is 0.497 e. The number of benzene rings is 2. The van der Waals surface area contributed by atoms with E-state index in [0.29, 0.717) is 29.7 Å². The first-order valence-corrected chi connectivity index (χ1v) is 8.89. The van der Waals surface area contributed by atoms with Crippen molar-refractivity contribution in [2.45, 2.75) is 13.8 Å². The minimum atomic E-state index is -0.338. The van der Waals surface area contributed by atoms with Crippen molar-refractivity contribution < 1.29 is 14.3 Å². The number of methoxy groups -OCH3 is 1. The number of hydrogen-bond acceptors (Lipinski definition) is 6. The molecule has 28 heavy (non-hydrogen) atoms. The average molecular weight is 378 g/mol. The normalized spacial score (nSPS) is 10.2. The Bertz CT molecular complexity index is 958. The SMILES string of the molecule is CCOc1ccccc1NC(=O)c1cc(C)nc(Nc2ccc(OC)cc2)n1. The van der Waals surface area contributed by atoms with Crippen LogP contribution in [0.1, 0.15) is 23.1 Å². The number of aromatic nitrogens is 2. The highest BCUT2D eigenvalue weighted by molar-refractivity contribution is 6.03. The lowest BCUT2D eigenvalue weighted by molar-refractivity contribution is 0.102. The van der Waals surface area contributed by atoms with Gasteiger partial charge in [0.1, 0.15) is 17.2 Å². The number of amides is 1. The fourth-order valence-corrected chi connectivity index (χ4v) is 2.58. The van der Waals surface area contributed by atoms with Crippen LogP contribution in [0, 0.1) is 6.92 Å². The molecule has 1 heterocycles. The quantitative estimate of drug-likeness (QED) is 0.641. The van der Waals surface area contributed by atoms with Gasteiger partial charge >= 0.3 is 0 Å². The molecule has 0 saturated heterocycles. The molecule has 0 aliphatic rings. The first-order chi connectivity index (χ1) is 13.6. The van der Waals surface area contributed by atoms with Gasteiger partial charge in [-0.05, 0) is 56.3 Å². The van der Waals surface area contributed by atoms with Gasteiger partial charge in [-0.15, -0.1) is 0 Å². The Morgan fingerprint density at radius 1 is 1.07 bits per heavy atom. The van der Waals surface area contributed by atoms with Crippen LogP contribution >= 0.6 is 0 Å². The maximum atomic E-state index is 12.7. The minimum Gasteiger partial charge on any atom is -0.497 e. The lowest BCUT2D eigenvalue weighted by Gasteiger charge is -2.12. The van der Waals surface area contributed by atoms with E-state index in [-0.39, 0.29) is 11.6 Å². The molecule has 0 spiro atoms. The van der Waals surface area contributed by atoms with Crippen LogP contribution in [-0.4, -0.2) is 29.6 Å². The zero-order chi connectivity index (χ0) is 19.9. The van der Waals surface area contributed by atoms with Gasteiger partial charge in [-0.3, -0.25) is 4.79 Å². The molecule has 0 aliphatic heterocycles. The van der Waals surface area contributed by atoms with E-state index in [1.165, 1.54) is 0 Å². The molecule has 0 aliphatic carbocycles. The molecule has 0 unspecified atom stereocenters. The topological polar surface area (TPSA) is 85.4 Å². The van der Waals surface area contributed by atoms with Crippen LogP contribution in [0.2, 0.25) is 0 Å². The summed E-state index contributed by atoms with van der Waals surface area (Å²) in [6, 6.07) is 16.3. The average Bonchev–Trinajstić information content (AvgIpc) is 2.70. The summed E-state index contributed by atoms with van der Waals surface area (Å²) < 4.78 is 10.7. The van der Waals surface area contributed by atoms with Crippen molar-refractivity contribution in [3.63, 3.8) is 0 Å². The molecule has 1 amide bonds. The third-order valence-electron chi connectivity index (χ3n) is 3.87. The van der Waals surface area contributed by atoms with Crippen molar-refractivity contribution in [2.75, 3.05) is 24.4 Å². The van der Waals surface area contributed by atoms with Gasteiger partial charge in [-0.2, -0.15) is 0 Å². The summed E-state index contributed by atoms with van der Waals surface area (Å²) in [6.45, 7) is 4.21. The Morgan fingerprint density at radius 3 is 2.54 bits per heavy atom. The van der Waals surface area contributed by atoms with E-state index >= 15 is 0 Å². The minimum absolute atomic E-state index is 0.259. The molecule has 0 radical (unpaired) electrons. The predicted molar refractivity (Wildman–Crippen MR) is 109 cm³/mol. The predicted octanol–water partition coefficient (Wildman–Crippen LogP) is 4.19. The van der Waals surface area contributed by atoms with Crippen molar-refractivity contribution in [3.8, 4) is 11.5 Å². The number of carbonyl (C=O) groups excluding carboxylic acids is 1. The molecule has 2 N–H and O–H groups in total. The number of nitrogens with one attached hydrogen (secondary N) is 2. The maximum Gasteiger partial charge on any atom is 0.274 e. The van der Waals surface area contributed by atoms with Crippen molar-refractivity contribution >= 4 is 23.2 Å². The van der Waals surface area contributed by atoms with Gasteiger partial charge in [0.05, 0.1) is 19.4 Å². The Morgan fingerprint density at radius 2 is 1.82 bits per heavy atom. The van der Waals surface area contributed by atoms with Crippen LogP contribution in [0.4, 0.5) is 17.3 Å². The molecule has 0 bridgehead atoms. The first-order valence-electron chi connectivity index (χ1n) is 8.89. The number of anilines is 3. The van der Waals surface area contributed by atoms with Crippen molar-refractivity contribution in [1.29, 1.82) is 0 Å². The third-order valence-corrected chi connectivity index (χ3v) is 3.87. The standard InChI is InChI=1S/C21H22N4O3/c1-4-28-19-8-6-5-7-17(19)24-20(26)18-13-14(2)22-21(25-18)23-15-9-11-16(27-3)12-10-15/h5-13H,4H2,1-3H3,(H,24,26)(H,22,23,25). The van der Waals surface area contributed by atoms with Gasteiger partial charge in [-0.25, -0.2) is 9.97 Å². The van der Waals surface area contributed by atoms with Crippen molar-refractivity contribution in [2.24, 2.45) is 0 Å². The Kier molecular flexibility index (Phi) is 6.06. The van der Waals surface area contributed by atoms with Crippen LogP contribution in [0.15, 0.2) is 54.6 Å². The van der Waals surface area contributed by atoms with Crippen LogP contribution in [-0.2, 0) is 0 Å². The number of para-hydroxylation sites is 2. The van der Waals surface area contributed by atoms with Crippen molar-refractivity contribution in [1.82, 2.24) is 9.97 Å². The number of ether oxygens (including phenoxy) is 2. The maximum absolute atomic E-state index is 12.7.